The summed E-state index contributed by atoms with van der Waals surface area (Å²) < 4.78 is 24.9. The lowest BCUT2D eigenvalue weighted by Gasteiger charge is -2.14. The van der Waals surface area contributed by atoms with Crippen LogP contribution in [-0.2, 0) is 9.09 Å². The summed E-state index contributed by atoms with van der Waals surface area (Å²) in [5.74, 6) is 0.906. The minimum atomic E-state index is -4.51. The Bertz CT molecular complexity index is 439. The Morgan fingerprint density at radius 1 is 1.29 bits per heavy atom. The van der Waals surface area contributed by atoms with Gasteiger partial charge in [-0.05, 0) is 31.0 Å². The second-order valence-corrected chi connectivity index (χ2v) is 4.66. The van der Waals surface area contributed by atoms with E-state index in [2.05, 4.69) is 4.52 Å². The second kappa shape index (κ2) is 5.51. The molecule has 1 rings (SSSR count). The summed E-state index contributed by atoms with van der Waals surface area (Å²) in [6, 6.07) is 3.48. The van der Waals surface area contributed by atoms with Crippen LogP contribution < -0.4 is 9.47 Å². The van der Waals surface area contributed by atoms with Crippen LogP contribution in [0.15, 0.2) is 12.1 Å². The van der Waals surface area contributed by atoms with Gasteiger partial charge in [0.05, 0.1) is 7.11 Å². The third-order valence-electron chi connectivity index (χ3n) is 2.28. The SMILES string of the molecule is COc1c(OCOP(=O)(O)O)ccc(C)c1C. The van der Waals surface area contributed by atoms with E-state index in [1.54, 1.807) is 6.07 Å². The predicted molar refractivity (Wildman–Crippen MR) is 61.1 cm³/mol. The Labute approximate surface area is 99.4 Å². The molecule has 17 heavy (non-hydrogen) atoms. The number of hydrogen-bond acceptors (Lipinski definition) is 4. The number of phosphoric ester groups is 1. The molecule has 0 aliphatic carbocycles. The Hall–Kier alpha value is -1.07. The van der Waals surface area contributed by atoms with Gasteiger partial charge in [-0.3, -0.25) is 0 Å². The van der Waals surface area contributed by atoms with Crippen LogP contribution in [0.5, 0.6) is 11.5 Å². The number of benzene rings is 1. The molecule has 0 saturated heterocycles. The molecule has 0 radical (unpaired) electrons. The van der Waals surface area contributed by atoms with Gasteiger partial charge in [0.1, 0.15) is 0 Å². The number of aryl methyl sites for hydroxylation is 1. The van der Waals surface area contributed by atoms with Crippen molar-refractivity contribution in [3.8, 4) is 11.5 Å². The Morgan fingerprint density at radius 2 is 1.94 bits per heavy atom. The van der Waals surface area contributed by atoms with E-state index in [0.29, 0.717) is 11.5 Å². The number of rotatable bonds is 5. The molecule has 0 heterocycles. The molecule has 0 saturated carbocycles. The molecular weight excluding hydrogens is 247 g/mol. The van der Waals surface area contributed by atoms with Gasteiger partial charge in [0, 0.05) is 0 Å². The largest absolute Gasteiger partial charge is 0.493 e. The van der Waals surface area contributed by atoms with Crippen molar-refractivity contribution in [1.29, 1.82) is 0 Å². The van der Waals surface area contributed by atoms with E-state index in [1.165, 1.54) is 7.11 Å². The van der Waals surface area contributed by atoms with Crippen LogP contribution in [0.25, 0.3) is 0 Å². The molecule has 0 unspecified atom stereocenters. The van der Waals surface area contributed by atoms with E-state index in [4.69, 9.17) is 19.3 Å². The highest BCUT2D eigenvalue weighted by molar-refractivity contribution is 7.46. The lowest BCUT2D eigenvalue weighted by molar-refractivity contribution is 0.0805. The van der Waals surface area contributed by atoms with Crippen molar-refractivity contribution in [2.24, 2.45) is 0 Å². The third-order valence-corrected chi connectivity index (χ3v) is 2.72. The van der Waals surface area contributed by atoms with Crippen molar-refractivity contribution < 1.29 is 28.3 Å². The van der Waals surface area contributed by atoms with Crippen molar-refractivity contribution in [2.45, 2.75) is 13.8 Å². The molecule has 0 spiro atoms. The summed E-state index contributed by atoms with van der Waals surface area (Å²) >= 11 is 0. The minimum absolute atomic E-state index is 0.379. The van der Waals surface area contributed by atoms with Crippen LogP contribution in [0, 0.1) is 13.8 Å². The van der Waals surface area contributed by atoms with E-state index in [-0.39, 0.29) is 0 Å². The molecule has 0 aromatic heterocycles. The van der Waals surface area contributed by atoms with Crippen molar-refractivity contribution in [3.63, 3.8) is 0 Å². The molecule has 0 fully saturated rings. The van der Waals surface area contributed by atoms with Gasteiger partial charge in [-0.1, -0.05) is 6.07 Å². The van der Waals surface area contributed by atoms with Crippen LogP contribution >= 0.6 is 7.82 Å². The van der Waals surface area contributed by atoms with Crippen molar-refractivity contribution in [2.75, 3.05) is 13.9 Å². The van der Waals surface area contributed by atoms with Crippen molar-refractivity contribution in [1.82, 2.24) is 0 Å². The number of methoxy groups -OCH3 is 1. The zero-order chi connectivity index (χ0) is 13.1. The number of ether oxygens (including phenoxy) is 2. The van der Waals surface area contributed by atoms with Crippen LogP contribution in [0.3, 0.4) is 0 Å². The van der Waals surface area contributed by atoms with E-state index >= 15 is 0 Å². The first-order valence-electron chi connectivity index (χ1n) is 4.82. The van der Waals surface area contributed by atoms with Crippen LogP contribution in [0.4, 0.5) is 0 Å². The fourth-order valence-electron chi connectivity index (χ4n) is 1.29. The molecule has 0 amide bonds. The van der Waals surface area contributed by atoms with E-state index in [0.717, 1.165) is 11.1 Å². The summed E-state index contributed by atoms with van der Waals surface area (Å²) in [5, 5.41) is 0. The first kappa shape index (κ1) is 14.0. The zero-order valence-corrected chi connectivity index (χ0v) is 10.7. The second-order valence-electron chi connectivity index (χ2n) is 3.42. The molecule has 2 N–H and O–H groups in total. The quantitative estimate of drug-likeness (QED) is 0.621. The monoisotopic (exact) mass is 262 g/mol. The van der Waals surface area contributed by atoms with Gasteiger partial charge in [-0.25, -0.2) is 9.09 Å². The van der Waals surface area contributed by atoms with Gasteiger partial charge in [-0.15, -0.1) is 0 Å². The van der Waals surface area contributed by atoms with Crippen molar-refractivity contribution >= 4 is 7.82 Å². The Balaban J connectivity index is 2.78. The molecule has 1 aromatic carbocycles. The van der Waals surface area contributed by atoms with E-state index in [9.17, 15) is 4.57 Å². The molecule has 0 aliphatic rings. The average molecular weight is 262 g/mol. The molecule has 0 atom stereocenters. The number of hydrogen-bond donors (Lipinski definition) is 2. The van der Waals surface area contributed by atoms with Gasteiger partial charge >= 0.3 is 7.82 Å². The van der Waals surface area contributed by atoms with Crippen LogP contribution in [0.2, 0.25) is 0 Å². The average Bonchev–Trinajstić information content (AvgIpc) is 2.22. The third kappa shape index (κ3) is 4.02. The fourth-order valence-corrected chi connectivity index (χ4v) is 1.48. The standard InChI is InChI=1S/C10H15O6P/c1-7-4-5-9(10(14-3)8(7)2)15-6-16-17(11,12)13/h4-5H,6H2,1-3H3,(H2,11,12,13). The fraction of sp³-hybridized carbons (Fsp3) is 0.400. The molecule has 96 valence electrons. The lowest BCUT2D eigenvalue weighted by Crippen LogP contribution is -2.03. The molecule has 1 aromatic rings. The maximum atomic E-state index is 10.5. The summed E-state index contributed by atoms with van der Waals surface area (Å²) in [6.07, 6.45) is 0. The summed E-state index contributed by atoms with van der Waals surface area (Å²) in [5.41, 5.74) is 1.94. The topological polar surface area (TPSA) is 85.2 Å². The van der Waals surface area contributed by atoms with Crippen LogP contribution in [0.1, 0.15) is 11.1 Å². The predicted octanol–water partition coefficient (Wildman–Crippen LogP) is 1.76. The molecule has 6 nitrogen and oxygen atoms in total. The molecule has 7 heteroatoms. The van der Waals surface area contributed by atoms with Gasteiger partial charge < -0.3 is 19.3 Å². The van der Waals surface area contributed by atoms with Gasteiger partial charge in [0.2, 0.25) is 6.79 Å². The summed E-state index contributed by atoms with van der Waals surface area (Å²) in [6.45, 7) is 3.25. The molecule has 0 bridgehead atoms. The highest BCUT2D eigenvalue weighted by Crippen LogP contribution is 2.37. The van der Waals surface area contributed by atoms with E-state index in [1.807, 2.05) is 19.9 Å². The summed E-state index contributed by atoms with van der Waals surface area (Å²) in [7, 11) is -3.01. The van der Waals surface area contributed by atoms with Crippen molar-refractivity contribution in [3.05, 3.63) is 23.3 Å². The first-order valence-corrected chi connectivity index (χ1v) is 6.35. The smallest absolute Gasteiger partial charge is 0.472 e. The Morgan fingerprint density at radius 3 is 2.47 bits per heavy atom. The lowest BCUT2D eigenvalue weighted by atomic mass is 10.1. The van der Waals surface area contributed by atoms with Gasteiger partial charge in [-0.2, -0.15) is 0 Å². The molecular formula is C10H15O6P. The summed E-state index contributed by atoms with van der Waals surface area (Å²) in [4.78, 5) is 17.0. The van der Waals surface area contributed by atoms with Gasteiger partial charge in [0.15, 0.2) is 11.5 Å². The highest BCUT2D eigenvalue weighted by Gasteiger charge is 2.15. The van der Waals surface area contributed by atoms with E-state index < -0.39 is 14.6 Å². The van der Waals surface area contributed by atoms with Crippen LogP contribution in [-0.4, -0.2) is 23.7 Å². The maximum Gasteiger partial charge on any atom is 0.472 e. The highest BCUT2D eigenvalue weighted by atomic mass is 31.2. The maximum absolute atomic E-state index is 10.5. The normalized spacial score (nSPS) is 11.4. The first-order chi connectivity index (χ1) is 7.85. The zero-order valence-electron chi connectivity index (χ0n) is 9.84. The van der Waals surface area contributed by atoms with Gasteiger partial charge in [0.25, 0.3) is 0 Å². The minimum Gasteiger partial charge on any atom is -0.493 e. The number of phosphoric acid groups is 1. The molecule has 0 aliphatic heterocycles. The Kier molecular flexibility index (Phi) is 4.54.